The zero-order valence-electron chi connectivity index (χ0n) is 15.8. The number of nitrogens with zero attached hydrogens (tertiary/aromatic N) is 2. The maximum atomic E-state index is 12.7. The highest BCUT2D eigenvalue weighted by molar-refractivity contribution is 7.89. The number of carbonyl (C=O) groups excluding carboxylic acids is 1. The van der Waals surface area contributed by atoms with Crippen molar-refractivity contribution in [3.63, 3.8) is 0 Å². The van der Waals surface area contributed by atoms with Crippen LogP contribution in [-0.4, -0.2) is 38.3 Å². The Bertz CT molecular complexity index is 1050. The number of benzene rings is 2. The molecule has 1 amide bonds. The van der Waals surface area contributed by atoms with Gasteiger partial charge in [0.25, 0.3) is 0 Å². The van der Waals surface area contributed by atoms with Gasteiger partial charge in [-0.1, -0.05) is 30.0 Å². The number of piperidine rings is 1. The average molecular weight is 407 g/mol. The summed E-state index contributed by atoms with van der Waals surface area (Å²) in [6, 6.07) is 17.4. The molecule has 148 valence electrons. The molecule has 6 nitrogen and oxygen atoms in total. The molecule has 3 rings (SSSR count). The Kier molecular flexibility index (Phi) is 6.66. The predicted octanol–water partition coefficient (Wildman–Crippen LogP) is 2.13. The Balaban J connectivity index is 1.51. The van der Waals surface area contributed by atoms with E-state index in [1.807, 2.05) is 36.4 Å². The van der Waals surface area contributed by atoms with Gasteiger partial charge in [0.05, 0.1) is 23.1 Å². The third-order valence-corrected chi connectivity index (χ3v) is 6.72. The smallest absolute Gasteiger partial charge is 0.243 e. The van der Waals surface area contributed by atoms with E-state index in [4.69, 9.17) is 5.26 Å². The van der Waals surface area contributed by atoms with E-state index in [1.165, 1.54) is 28.6 Å². The number of nitriles is 1. The Morgan fingerprint density at radius 1 is 1.03 bits per heavy atom. The molecule has 0 aromatic heterocycles. The second-order valence-electron chi connectivity index (χ2n) is 6.70. The molecule has 1 fully saturated rings. The summed E-state index contributed by atoms with van der Waals surface area (Å²) >= 11 is 0. The molecule has 1 saturated heterocycles. The summed E-state index contributed by atoms with van der Waals surface area (Å²) in [5.74, 6) is 5.59. The molecular formula is C22H21N3O3S. The van der Waals surface area contributed by atoms with Gasteiger partial charge in [-0.05, 0) is 49.2 Å². The van der Waals surface area contributed by atoms with Gasteiger partial charge < -0.3 is 5.32 Å². The normalized spacial score (nSPS) is 15.0. The van der Waals surface area contributed by atoms with Gasteiger partial charge in [0.1, 0.15) is 0 Å². The first-order chi connectivity index (χ1) is 14.0. The monoisotopic (exact) mass is 407 g/mol. The number of hydrogen-bond donors (Lipinski definition) is 1. The lowest BCUT2D eigenvalue weighted by Gasteiger charge is -2.30. The Morgan fingerprint density at radius 3 is 2.31 bits per heavy atom. The van der Waals surface area contributed by atoms with Gasteiger partial charge in [-0.15, -0.1) is 0 Å². The Labute approximate surface area is 171 Å². The first-order valence-corrected chi connectivity index (χ1v) is 10.8. The summed E-state index contributed by atoms with van der Waals surface area (Å²) < 4.78 is 26.9. The molecule has 0 radical (unpaired) electrons. The van der Waals surface area contributed by atoms with E-state index in [0.29, 0.717) is 18.4 Å². The van der Waals surface area contributed by atoms with Crippen molar-refractivity contribution >= 4 is 15.9 Å². The van der Waals surface area contributed by atoms with Crippen LogP contribution in [0.15, 0.2) is 59.5 Å². The van der Waals surface area contributed by atoms with E-state index in [2.05, 4.69) is 17.2 Å². The molecule has 1 aliphatic rings. The first-order valence-electron chi connectivity index (χ1n) is 9.32. The fourth-order valence-electron chi connectivity index (χ4n) is 3.15. The van der Waals surface area contributed by atoms with Crippen LogP contribution in [0.2, 0.25) is 0 Å². The van der Waals surface area contributed by atoms with Gasteiger partial charge in [0.2, 0.25) is 15.9 Å². The van der Waals surface area contributed by atoms with Crippen LogP contribution in [0.25, 0.3) is 0 Å². The highest BCUT2D eigenvalue weighted by Crippen LogP contribution is 2.24. The third-order valence-electron chi connectivity index (χ3n) is 4.80. The minimum atomic E-state index is -3.62. The summed E-state index contributed by atoms with van der Waals surface area (Å²) in [5.41, 5.74) is 1.30. The van der Waals surface area contributed by atoms with E-state index in [-0.39, 0.29) is 36.4 Å². The number of hydrogen-bond acceptors (Lipinski definition) is 4. The quantitative estimate of drug-likeness (QED) is 0.786. The van der Waals surface area contributed by atoms with Gasteiger partial charge in [0, 0.05) is 24.6 Å². The van der Waals surface area contributed by atoms with Crippen LogP contribution in [-0.2, 0) is 14.8 Å². The Hall–Kier alpha value is -3.13. The van der Waals surface area contributed by atoms with Crippen LogP contribution in [0.1, 0.15) is 24.0 Å². The molecule has 0 bridgehead atoms. The minimum Gasteiger partial charge on any atom is -0.345 e. The fourth-order valence-corrected chi connectivity index (χ4v) is 4.62. The fraction of sp³-hybridized carbons (Fsp3) is 0.273. The van der Waals surface area contributed by atoms with Gasteiger partial charge in [-0.25, -0.2) is 8.42 Å². The molecule has 0 saturated carbocycles. The molecule has 0 spiro atoms. The molecule has 1 heterocycles. The topological polar surface area (TPSA) is 90.3 Å². The van der Waals surface area contributed by atoms with Gasteiger partial charge in [-0.3, -0.25) is 4.79 Å². The van der Waals surface area contributed by atoms with Crippen molar-refractivity contribution in [3.8, 4) is 17.9 Å². The van der Waals surface area contributed by atoms with Crippen molar-refractivity contribution in [1.82, 2.24) is 9.62 Å². The molecule has 0 aliphatic carbocycles. The van der Waals surface area contributed by atoms with Gasteiger partial charge >= 0.3 is 0 Å². The number of nitrogens with one attached hydrogen (secondary N) is 1. The molecule has 0 unspecified atom stereocenters. The lowest BCUT2D eigenvalue weighted by molar-refractivity contribution is -0.125. The molecule has 2 aromatic rings. The molecule has 7 heteroatoms. The maximum absolute atomic E-state index is 12.7. The van der Waals surface area contributed by atoms with Crippen molar-refractivity contribution in [3.05, 3.63) is 65.7 Å². The third kappa shape index (κ3) is 5.23. The van der Waals surface area contributed by atoms with Crippen molar-refractivity contribution < 1.29 is 13.2 Å². The second kappa shape index (κ2) is 9.38. The molecule has 29 heavy (non-hydrogen) atoms. The van der Waals surface area contributed by atoms with Crippen LogP contribution in [0.5, 0.6) is 0 Å². The summed E-state index contributed by atoms with van der Waals surface area (Å²) in [6.45, 7) is 0.837. The predicted molar refractivity (Wildman–Crippen MR) is 109 cm³/mol. The number of rotatable bonds is 4. The van der Waals surface area contributed by atoms with Crippen LogP contribution in [0, 0.1) is 29.1 Å². The summed E-state index contributed by atoms with van der Waals surface area (Å²) in [5, 5.41) is 11.6. The number of carbonyl (C=O) groups is 1. The Morgan fingerprint density at radius 2 is 1.69 bits per heavy atom. The summed E-state index contributed by atoms with van der Waals surface area (Å²) in [7, 11) is -3.62. The number of amides is 1. The van der Waals surface area contributed by atoms with Crippen molar-refractivity contribution in [2.45, 2.75) is 17.7 Å². The highest BCUT2D eigenvalue weighted by atomic mass is 32.2. The van der Waals surface area contributed by atoms with Crippen LogP contribution < -0.4 is 5.32 Å². The van der Waals surface area contributed by atoms with Crippen molar-refractivity contribution in [2.75, 3.05) is 19.6 Å². The number of sulfonamides is 1. The zero-order chi connectivity index (χ0) is 20.7. The lowest BCUT2D eigenvalue weighted by Crippen LogP contribution is -2.43. The van der Waals surface area contributed by atoms with E-state index in [1.54, 1.807) is 0 Å². The van der Waals surface area contributed by atoms with Crippen LogP contribution >= 0.6 is 0 Å². The standard InChI is InChI=1S/C22H21N3O3S/c23-17-19-8-10-21(11-9-19)29(27,28)25-15-12-20(13-16-25)22(26)24-14-4-7-18-5-2-1-3-6-18/h1-3,5-6,8-11,20H,12-16H2,(H,24,26). The van der Waals surface area contributed by atoms with E-state index >= 15 is 0 Å². The van der Waals surface area contributed by atoms with Crippen molar-refractivity contribution in [1.29, 1.82) is 5.26 Å². The zero-order valence-corrected chi connectivity index (χ0v) is 16.7. The maximum Gasteiger partial charge on any atom is 0.243 e. The minimum absolute atomic E-state index is 0.0946. The molecular weight excluding hydrogens is 386 g/mol. The van der Waals surface area contributed by atoms with E-state index in [9.17, 15) is 13.2 Å². The highest BCUT2D eigenvalue weighted by Gasteiger charge is 2.31. The lowest BCUT2D eigenvalue weighted by atomic mass is 9.97. The first kappa shape index (κ1) is 20.6. The van der Waals surface area contributed by atoms with E-state index < -0.39 is 10.0 Å². The summed E-state index contributed by atoms with van der Waals surface area (Å²) in [4.78, 5) is 12.5. The average Bonchev–Trinajstić information content (AvgIpc) is 2.77. The molecule has 1 N–H and O–H groups in total. The molecule has 1 aliphatic heterocycles. The van der Waals surface area contributed by atoms with Crippen molar-refractivity contribution in [2.24, 2.45) is 5.92 Å². The van der Waals surface area contributed by atoms with Gasteiger partial charge in [-0.2, -0.15) is 9.57 Å². The van der Waals surface area contributed by atoms with E-state index in [0.717, 1.165) is 5.56 Å². The van der Waals surface area contributed by atoms with Crippen LogP contribution in [0.4, 0.5) is 0 Å². The second-order valence-corrected chi connectivity index (χ2v) is 8.64. The summed E-state index contributed by atoms with van der Waals surface area (Å²) in [6.07, 6.45) is 0.931. The van der Waals surface area contributed by atoms with Crippen LogP contribution in [0.3, 0.4) is 0 Å². The van der Waals surface area contributed by atoms with Gasteiger partial charge in [0.15, 0.2) is 0 Å². The molecule has 0 atom stereocenters. The molecule has 2 aromatic carbocycles. The largest absolute Gasteiger partial charge is 0.345 e. The SMILES string of the molecule is N#Cc1ccc(S(=O)(=O)N2CCC(C(=O)NCC#Cc3ccccc3)CC2)cc1.